The maximum Gasteiger partial charge on any atom is 0.201 e. The van der Waals surface area contributed by atoms with Crippen LogP contribution >= 0.6 is 0 Å². The molecule has 0 saturated carbocycles. The van der Waals surface area contributed by atoms with Gasteiger partial charge in [0.05, 0.1) is 6.10 Å². The molecule has 0 heterocycles. The number of aliphatic hydroxyl groups is 1. The van der Waals surface area contributed by atoms with Crippen LogP contribution in [0.4, 0.5) is 8.78 Å². The highest BCUT2D eigenvalue weighted by atomic mass is 19.2. The Morgan fingerprint density at radius 3 is 2.47 bits per heavy atom. The molecule has 2 rings (SSSR count). The molecular formula is C15H14F2O2. The van der Waals surface area contributed by atoms with Crippen molar-refractivity contribution in [3.63, 3.8) is 0 Å². The van der Waals surface area contributed by atoms with E-state index in [0.29, 0.717) is 17.7 Å². The third kappa shape index (κ3) is 2.90. The summed E-state index contributed by atoms with van der Waals surface area (Å²) in [4.78, 5) is 0. The lowest BCUT2D eigenvalue weighted by atomic mass is 10.1. The van der Waals surface area contributed by atoms with Gasteiger partial charge in [0.25, 0.3) is 0 Å². The average Bonchev–Trinajstić information content (AvgIpc) is 2.43. The van der Waals surface area contributed by atoms with E-state index < -0.39 is 17.7 Å². The number of hydrogen-bond donors (Lipinski definition) is 1. The molecule has 0 aliphatic rings. The van der Waals surface area contributed by atoms with Crippen LogP contribution in [0.3, 0.4) is 0 Å². The fourth-order valence-corrected chi connectivity index (χ4v) is 1.75. The molecule has 100 valence electrons. The quantitative estimate of drug-likeness (QED) is 0.896. The zero-order valence-corrected chi connectivity index (χ0v) is 10.4. The van der Waals surface area contributed by atoms with Crippen molar-refractivity contribution in [2.45, 2.75) is 19.4 Å². The Kier molecular flexibility index (Phi) is 4.12. The molecule has 0 fully saturated rings. The minimum atomic E-state index is -1.04. The fourth-order valence-electron chi connectivity index (χ4n) is 1.75. The van der Waals surface area contributed by atoms with Crippen LogP contribution in [0.2, 0.25) is 0 Å². The van der Waals surface area contributed by atoms with Crippen LogP contribution < -0.4 is 4.74 Å². The zero-order valence-electron chi connectivity index (χ0n) is 10.4. The van der Waals surface area contributed by atoms with Crippen molar-refractivity contribution in [1.29, 1.82) is 0 Å². The monoisotopic (exact) mass is 264 g/mol. The number of hydrogen-bond acceptors (Lipinski definition) is 2. The third-order valence-corrected chi connectivity index (χ3v) is 2.80. The van der Waals surface area contributed by atoms with Crippen LogP contribution in [-0.4, -0.2) is 5.11 Å². The van der Waals surface area contributed by atoms with Crippen molar-refractivity contribution in [3.05, 3.63) is 59.7 Å². The molecule has 2 aromatic rings. The molecule has 0 amide bonds. The van der Waals surface area contributed by atoms with Crippen molar-refractivity contribution in [2.75, 3.05) is 0 Å². The van der Waals surface area contributed by atoms with E-state index in [1.807, 2.05) is 6.92 Å². The van der Waals surface area contributed by atoms with Gasteiger partial charge in [0.2, 0.25) is 5.82 Å². The first kappa shape index (κ1) is 13.5. The summed E-state index contributed by atoms with van der Waals surface area (Å²) in [7, 11) is 0. The molecule has 19 heavy (non-hydrogen) atoms. The van der Waals surface area contributed by atoms with E-state index in [1.165, 1.54) is 12.1 Å². The Morgan fingerprint density at radius 2 is 1.74 bits per heavy atom. The second-order valence-corrected chi connectivity index (χ2v) is 4.12. The van der Waals surface area contributed by atoms with E-state index >= 15 is 0 Å². The highest BCUT2D eigenvalue weighted by Gasteiger charge is 2.15. The summed E-state index contributed by atoms with van der Waals surface area (Å²) < 4.78 is 32.0. The predicted molar refractivity (Wildman–Crippen MR) is 68.1 cm³/mol. The smallest absolute Gasteiger partial charge is 0.201 e. The topological polar surface area (TPSA) is 29.5 Å². The van der Waals surface area contributed by atoms with Crippen molar-refractivity contribution >= 4 is 0 Å². The molecule has 1 N–H and O–H groups in total. The summed E-state index contributed by atoms with van der Waals surface area (Å²) in [5, 5.41) is 9.86. The third-order valence-electron chi connectivity index (χ3n) is 2.80. The highest BCUT2D eigenvalue weighted by Crippen LogP contribution is 2.32. The maximum atomic E-state index is 13.5. The lowest BCUT2D eigenvalue weighted by Crippen LogP contribution is -2.00. The number of benzene rings is 2. The predicted octanol–water partition coefficient (Wildman–Crippen LogP) is 4.20. The van der Waals surface area contributed by atoms with Crippen molar-refractivity contribution in [2.24, 2.45) is 0 Å². The Morgan fingerprint density at radius 1 is 1.05 bits per heavy atom. The molecule has 2 nitrogen and oxygen atoms in total. The van der Waals surface area contributed by atoms with E-state index in [2.05, 4.69) is 0 Å². The van der Waals surface area contributed by atoms with E-state index in [1.54, 1.807) is 24.3 Å². The normalized spacial score (nSPS) is 12.2. The molecule has 1 atom stereocenters. The molecular weight excluding hydrogens is 250 g/mol. The van der Waals surface area contributed by atoms with Gasteiger partial charge in [-0.1, -0.05) is 31.2 Å². The lowest BCUT2D eigenvalue weighted by molar-refractivity contribution is 0.170. The average molecular weight is 264 g/mol. The maximum absolute atomic E-state index is 13.5. The van der Waals surface area contributed by atoms with Gasteiger partial charge < -0.3 is 9.84 Å². The molecule has 0 saturated heterocycles. The second-order valence-electron chi connectivity index (χ2n) is 4.12. The summed E-state index contributed by atoms with van der Waals surface area (Å²) in [5.41, 5.74) is 0.550. The van der Waals surface area contributed by atoms with Crippen molar-refractivity contribution < 1.29 is 18.6 Å². The van der Waals surface area contributed by atoms with Crippen molar-refractivity contribution in [3.8, 4) is 11.5 Å². The minimum absolute atomic E-state index is 0.198. The van der Waals surface area contributed by atoms with Crippen LogP contribution in [0, 0.1) is 11.6 Å². The minimum Gasteiger partial charge on any atom is -0.454 e. The van der Waals surface area contributed by atoms with Gasteiger partial charge in [0, 0.05) is 5.56 Å². The van der Waals surface area contributed by atoms with E-state index in [0.717, 1.165) is 6.07 Å². The van der Waals surface area contributed by atoms with Gasteiger partial charge in [-0.2, -0.15) is 4.39 Å². The molecule has 4 heteroatoms. The number of ether oxygens (including phenoxy) is 1. The molecule has 2 aromatic carbocycles. The van der Waals surface area contributed by atoms with Crippen LogP contribution in [0.5, 0.6) is 11.5 Å². The fraction of sp³-hybridized carbons (Fsp3) is 0.200. The molecule has 1 unspecified atom stereocenters. The van der Waals surface area contributed by atoms with Crippen LogP contribution in [0.1, 0.15) is 25.0 Å². The van der Waals surface area contributed by atoms with Gasteiger partial charge in [-0.3, -0.25) is 0 Å². The molecule has 0 spiro atoms. The SMILES string of the molecule is CCC(O)c1ccccc1Oc1cccc(F)c1F. The highest BCUT2D eigenvalue weighted by molar-refractivity contribution is 5.39. The van der Waals surface area contributed by atoms with Gasteiger partial charge in [-0.05, 0) is 24.6 Å². The standard InChI is InChI=1S/C15H14F2O2/c1-2-12(18)10-6-3-4-8-13(10)19-14-9-5-7-11(16)15(14)17/h3-9,12,18H,2H2,1H3. The Labute approximate surface area is 110 Å². The van der Waals surface area contributed by atoms with Crippen LogP contribution in [-0.2, 0) is 0 Å². The van der Waals surface area contributed by atoms with Crippen LogP contribution in [0.15, 0.2) is 42.5 Å². The Hall–Kier alpha value is -1.94. The van der Waals surface area contributed by atoms with E-state index in [9.17, 15) is 13.9 Å². The molecule has 0 bridgehead atoms. The number of para-hydroxylation sites is 1. The Balaban J connectivity index is 2.36. The van der Waals surface area contributed by atoms with E-state index in [4.69, 9.17) is 4.74 Å². The second kappa shape index (κ2) is 5.80. The number of halogens is 2. The molecule has 0 aliphatic heterocycles. The van der Waals surface area contributed by atoms with Gasteiger partial charge in [0.15, 0.2) is 11.6 Å². The zero-order chi connectivity index (χ0) is 13.8. The first-order valence-electron chi connectivity index (χ1n) is 6.02. The van der Waals surface area contributed by atoms with Crippen molar-refractivity contribution in [1.82, 2.24) is 0 Å². The van der Waals surface area contributed by atoms with E-state index in [-0.39, 0.29) is 5.75 Å². The number of rotatable bonds is 4. The first-order chi connectivity index (χ1) is 9.13. The molecule has 0 aromatic heterocycles. The summed E-state index contributed by atoms with van der Waals surface area (Å²) in [6.45, 7) is 1.82. The van der Waals surface area contributed by atoms with Gasteiger partial charge in [-0.15, -0.1) is 0 Å². The summed E-state index contributed by atoms with van der Waals surface area (Å²) >= 11 is 0. The summed E-state index contributed by atoms with van der Waals surface area (Å²) in [6, 6.07) is 10.5. The van der Waals surface area contributed by atoms with Crippen LogP contribution in [0.25, 0.3) is 0 Å². The largest absolute Gasteiger partial charge is 0.454 e. The summed E-state index contributed by atoms with van der Waals surface area (Å²) in [5.74, 6) is -1.88. The summed E-state index contributed by atoms with van der Waals surface area (Å²) in [6.07, 6.45) is -0.195. The molecule has 0 aliphatic carbocycles. The van der Waals surface area contributed by atoms with Gasteiger partial charge >= 0.3 is 0 Å². The number of aliphatic hydroxyl groups excluding tert-OH is 1. The lowest BCUT2D eigenvalue weighted by Gasteiger charge is -2.15. The molecule has 0 radical (unpaired) electrons. The first-order valence-corrected chi connectivity index (χ1v) is 6.02. The van der Waals surface area contributed by atoms with Gasteiger partial charge in [0.1, 0.15) is 5.75 Å². The van der Waals surface area contributed by atoms with Gasteiger partial charge in [-0.25, -0.2) is 4.39 Å². The Bertz CT molecular complexity index is 570.